The summed E-state index contributed by atoms with van der Waals surface area (Å²) in [6.45, 7) is 7.55. The lowest BCUT2D eigenvalue weighted by Crippen LogP contribution is -2.00. The first-order valence-corrected chi connectivity index (χ1v) is 13.7. The summed E-state index contributed by atoms with van der Waals surface area (Å²) in [5.41, 5.74) is 7.70. The second kappa shape index (κ2) is 10.9. The Hall–Kier alpha value is -5.92. The summed E-state index contributed by atoms with van der Waals surface area (Å²) >= 11 is 0. The van der Waals surface area contributed by atoms with E-state index in [-0.39, 0.29) is 0 Å². The molecule has 196 valence electrons. The number of hydrogen-bond donors (Lipinski definition) is 0. The Labute approximate surface area is 244 Å². The van der Waals surface area contributed by atoms with Crippen LogP contribution in [0.3, 0.4) is 0 Å². The van der Waals surface area contributed by atoms with Crippen molar-refractivity contribution in [3.05, 3.63) is 157 Å². The van der Waals surface area contributed by atoms with Gasteiger partial charge in [-0.3, -0.25) is 0 Å². The number of aromatic nitrogens is 3. The summed E-state index contributed by atoms with van der Waals surface area (Å²) in [6, 6.07) is 49.0. The van der Waals surface area contributed by atoms with Gasteiger partial charge in [0.25, 0.3) is 0 Å². The van der Waals surface area contributed by atoms with E-state index in [9.17, 15) is 0 Å². The largest absolute Gasteiger partial charge is 0.238 e. The molecular formula is C38H24N4. The van der Waals surface area contributed by atoms with Crippen LogP contribution in [0.25, 0.3) is 72.0 Å². The standard InChI is InChI=1S/C38H24N4/c1-39-35-15-9-8-14-34(35)32-23-19-27-18-22-31(24-33(27)25-32)26-16-20-30(21-17-26)38-41-36(28-10-4-2-5-11-28)40-37(42-38)29-12-6-3-7-13-29/h2-25H. The van der Waals surface area contributed by atoms with Crippen LogP contribution in [0.15, 0.2) is 146 Å². The molecule has 4 heteroatoms. The van der Waals surface area contributed by atoms with Crippen LogP contribution in [0.4, 0.5) is 5.69 Å². The van der Waals surface area contributed by atoms with E-state index in [1.807, 2.05) is 84.9 Å². The van der Waals surface area contributed by atoms with Crippen molar-refractivity contribution in [2.75, 3.05) is 0 Å². The van der Waals surface area contributed by atoms with Gasteiger partial charge in [-0.1, -0.05) is 133 Å². The first-order valence-electron chi connectivity index (χ1n) is 13.7. The first-order chi connectivity index (χ1) is 20.7. The topological polar surface area (TPSA) is 43.0 Å². The molecule has 0 unspecified atom stereocenters. The van der Waals surface area contributed by atoms with Gasteiger partial charge in [-0.25, -0.2) is 19.8 Å². The van der Waals surface area contributed by atoms with Crippen molar-refractivity contribution in [1.29, 1.82) is 0 Å². The van der Waals surface area contributed by atoms with E-state index in [4.69, 9.17) is 21.5 Å². The molecule has 0 fully saturated rings. The number of benzene rings is 6. The van der Waals surface area contributed by atoms with Gasteiger partial charge in [0.05, 0.1) is 6.57 Å². The molecular weight excluding hydrogens is 512 g/mol. The van der Waals surface area contributed by atoms with Gasteiger partial charge < -0.3 is 0 Å². The molecule has 1 heterocycles. The van der Waals surface area contributed by atoms with Crippen molar-refractivity contribution in [2.45, 2.75) is 0 Å². The number of para-hydroxylation sites is 1. The van der Waals surface area contributed by atoms with Gasteiger partial charge >= 0.3 is 0 Å². The van der Waals surface area contributed by atoms with Gasteiger partial charge in [-0.05, 0) is 45.2 Å². The molecule has 7 rings (SSSR count). The van der Waals surface area contributed by atoms with E-state index in [0.717, 1.165) is 49.7 Å². The molecule has 1 aromatic heterocycles. The molecule has 0 aliphatic carbocycles. The quantitative estimate of drug-likeness (QED) is 0.206. The van der Waals surface area contributed by atoms with Gasteiger partial charge in [0.1, 0.15) is 0 Å². The third-order valence-corrected chi connectivity index (χ3v) is 7.35. The number of fused-ring (bicyclic) bond motifs is 1. The summed E-state index contributed by atoms with van der Waals surface area (Å²) < 4.78 is 0. The molecule has 0 spiro atoms. The van der Waals surface area contributed by atoms with Crippen LogP contribution in [0.2, 0.25) is 0 Å². The average molecular weight is 537 g/mol. The summed E-state index contributed by atoms with van der Waals surface area (Å²) in [4.78, 5) is 18.2. The molecule has 0 saturated heterocycles. The third-order valence-electron chi connectivity index (χ3n) is 7.35. The molecule has 0 amide bonds. The molecule has 0 atom stereocenters. The zero-order chi connectivity index (χ0) is 28.3. The number of rotatable bonds is 5. The third kappa shape index (κ3) is 4.92. The molecule has 4 nitrogen and oxygen atoms in total. The zero-order valence-corrected chi connectivity index (χ0v) is 22.6. The highest BCUT2D eigenvalue weighted by atomic mass is 15.0. The van der Waals surface area contributed by atoms with Crippen LogP contribution in [0.1, 0.15) is 0 Å². The van der Waals surface area contributed by atoms with E-state index < -0.39 is 0 Å². The molecule has 0 N–H and O–H groups in total. The van der Waals surface area contributed by atoms with E-state index in [1.54, 1.807) is 0 Å². The highest BCUT2D eigenvalue weighted by molar-refractivity contribution is 5.92. The number of nitrogens with zero attached hydrogens (tertiary/aromatic N) is 4. The Balaban J connectivity index is 1.26. The average Bonchev–Trinajstić information content (AvgIpc) is 3.08. The van der Waals surface area contributed by atoms with Crippen LogP contribution in [0.5, 0.6) is 0 Å². The number of hydrogen-bond acceptors (Lipinski definition) is 3. The lowest BCUT2D eigenvalue weighted by Gasteiger charge is -2.10. The van der Waals surface area contributed by atoms with E-state index in [0.29, 0.717) is 23.2 Å². The second-order valence-electron chi connectivity index (χ2n) is 10.0. The lowest BCUT2D eigenvalue weighted by molar-refractivity contribution is 1.07. The maximum absolute atomic E-state index is 7.55. The summed E-state index contributed by atoms with van der Waals surface area (Å²) in [5, 5.41) is 2.29. The zero-order valence-electron chi connectivity index (χ0n) is 22.6. The molecule has 6 aromatic carbocycles. The summed E-state index contributed by atoms with van der Waals surface area (Å²) in [5.74, 6) is 1.93. The Morgan fingerprint density at radius 3 is 1.43 bits per heavy atom. The molecule has 0 saturated carbocycles. The molecule has 42 heavy (non-hydrogen) atoms. The first kappa shape index (κ1) is 25.1. The SMILES string of the molecule is [C-]#[N+]c1ccccc1-c1ccc2ccc(-c3ccc(-c4nc(-c5ccccc5)nc(-c5ccccc5)n4)cc3)cc2c1. The summed E-state index contributed by atoms with van der Waals surface area (Å²) in [6.07, 6.45) is 0. The fourth-order valence-corrected chi connectivity index (χ4v) is 5.16. The van der Waals surface area contributed by atoms with Gasteiger partial charge in [-0.15, -0.1) is 0 Å². The predicted molar refractivity (Wildman–Crippen MR) is 171 cm³/mol. The van der Waals surface area contributed by atoms with Crippen LogP contribution >= 0.6 is 0 Å². The van der Waals surface area contributed by atoms with E-state index >= 15 is 0 Å². The maximum Gasteiger partial charge on any atom is 0.194 e. The van der Waals surface area contributed by atoms with Crippen LogP contribution in [0, 0.1) is 6.57 Å². The van der Waals surface area contributed by atoms with Crippen molar-refractivity contribution in [1.82, 2.24) is 15.0 Å². The van der Waals surface area contributed by atoms with Crippen molar-refractivity contribution >= 4 is 16.5 Å². The fourth-order valence-electron chi connectivity index (χ4n) is 5.16. The summed E-state index contributed by atoms with van der Waals surface area (Å²) in [7, 11) is 0. The molecule has 0 aliphatic rings. The van der Waals surface area contributed by atoms with Gasteiger partial charge in [0.2, 0.25) is 0 Å². The maximum atomic E-state index is 7.55. The van der Waals surface area contributed by atoms with Crippen molar-refractivity contribution in [3.63, 3.8) is 0 Å². The van der Waals surface area contributed by atoms with Crippen molar-refractivity contribution < 1.29 is 0 Å². The van der Waals surface area contributed by atoms with Gasteiger partial charge in [-0.2, -0.15) is 0 Å². The van der Waals surface area contributed by atoms with Crippen LogP contribution in [-0.2, 0) is 0 Å². The predicted octanol–water partition coefficient (Wildman–Crippen LogP) is 9.91. The monoisotopic (exact) mass is 536 g/mol. The van der Waals surface area contributed by atoms with Crippen molar-refractivity contribution in [3.8, 4) is 56.4 Å². The minimum absolute atomic E-state index is 0.635. The van der Waals surface area contributed by atoms with Crippen molar-refractivity contribution in [2.24, 2.45) is 0 Å². The van der Waals surface area contributed by atoms with Gasteiger partial charge in [0, 0.05) is 16.7 Å². The Kier molecular flexibility index (Phi) is 6.52. The second-order valence-corrected chi connectivity index (χ2v) is 10.0. The minimum atomic E-state index is 0.635. The molecule has 0 bridgehead atoms. The Morgan fingerprint density at radius 1 is 0.381 bits per heavy atom. The highest BCUT2D eigenvalue weighted by Gasteiger charge is 2.12. The lowest BCUT2D eigenvalue weighted by atomic mass is 9.96. The minimum Gasteiger partial charge on any atom is -0.238 e. The van der Waals surface area contributed by atoms with Crippen LogP contribution in [-0.4, -0.2) is 15.0 Å². The van der Waals surface area contributed by atoms with Crippen LogP contribution < -0.4 is 0 Å². The Morgan fingerprint density at radius 2 is 0.833 bits per heavy atom. The Bertz CT molecular complexity index is 2020. The normalized spacial score (nSPS) is 10.8. The fraction of sp³-hybridized carbons (Fsp3) is 0. The van der Waals surface area contributed by atoms with Gasteiger partial charge in [0.15, 0.2) is 23.2 Å². The molecule has 0 radical (unpaired) electrons. The highest BCUT2D eigenvalue weighted by Crippen LogP contribution is 2.34. The molecule has 7 aromatic rings. The smallest absolute Gasteiger partial charge is 0.194 e. The van der Waals surface area contributed by atoms with E-state index in [1.165, 1.54) is 0 Å². The molecule has 0 aliphatic heterocycles. The van der Waals surface area contributed by atoms with E-state index in [2.05, 4.69) is 65.5 Å².